The first-order chi connectivity index (χ1) is 5.83. The van der Waals surface area contributed by atoms with Crippen LogP contribution in [0.3, 0.4) is 0 Å². The molecule has 1 rings (SSSR count). The van der Waals surface area contributed by atoms with Crippen molar-refractivity contribution in [2.24, 2.45) is 0 Å². The van der Waals surface area contributed by atoms with Crippen molar-refractivity contribution in [1.29, 1.82) is 0 Å². The summed E-state index contributed by atoms with van der Waals surface area (Å²) in [6, 6.07) is 3.55. The Labute approximate surface area is 75.8 Å². The van der Waals surface area contributed by atoms with Gasteiger partial charge in [0.15, 0.2) is 17.6 Å². The van der Waals surface area contributed by atoms with Crippen LogP contribution in [0.4, 0.5) is 5.69 Å². The van der Waals surface area contributed by atoms with Gasteiger partial charge in [0.2, 0.25) is 5.91 Å². The van der Waals surface area contributed by atoms with Crippen LogP contribution in [0.2, 0.25) is 0 Å². The first-order valence-corrected chi connectivity index (χ1v) is 4.00. The maximum absolute atomic E-state index is 11.0. The second-order valence-electron chi connectivity index (χ2n) is 2.18. The van der Waals surface area contributed by atoms with Crippen molar-refractivity contribution >= 4 is 29.2 Å². The van der Waals surface area contributed by atoms with Gasteiger partial charge >= 0.3 is 0 Å². The molecule has 1 amide bonds. The number of nitrogens with one attached hydrogen (secondary N) is 1. The fourth-order valence-electron chi connectivity index (χ4n) is 0.732. The lowest BCUT2D eigenvalue weighted by Crippen LogP contribution is -2.11. The molecule has 0 aliphatic heterocycles. The second-order valence-corrected chi connectivity index (χ2v) is 2.54. The predicted octanol–water partition coefficient (Wildman–Crippen LogP) is 0.492. The normalized spacial score (nSPS) is 9.00. The van der Waals surface area contributed by atoms with E-state index >= 15 is 0 Å². The number of hydrogen-bond acceptors (Lipinski definition) is 2. The van der Waals surface area contributed by atoms with E-state index in [1.54, 1.807) is 24.5 Å². The van der Waals surface area contributed by atoms with E-state index in [0.717, 1.165) is 0 Å². The topological polar surface area (TPSA) is 42.0 Å². The number of pyridine rings is 1. The van der Waals surface area contributed by atoms with Gasteiger partial charge in [-0.25, -0.2) is 0 Å². The molecule has 0 aromatic carbocycles. The van der Waals surface area contributed by atoms with Crippen molar-refractivity contribution in [1.82, 2.24) is 4.98 Å². The summed E-state index contributed by atoms with van der Waals surface area (Å²) in [5, 5.41) is 4.17. The Bertz CT molecular complexity index is 274. The van der Waals surface area contributed by atoms with Crippen LogP contribution in [0.5, 0.6) is 0 Å². The van der Waals surface area contributed by atoms with Gasteiger partial charge in [-0.15, -0.1) is 0 Å². The third-order valence-electron chi connectivity index (χ3n) is 1.22. The molecule has 0 aliphatic carbocycles. The highest BCUT2D eigenvalue weighted by atomic mass is 32.1. The van der Waals surface area contributed by atoms with Gasteiger partial charge in [-0.2, -0.15) is 0 Å². The highest BCUT2D eigenvalue weighted by Crippen LogP contribution is 2.02. The predicted molar refractivity (Wildman–Crippen MR) is 52.3 cm³/mol. The number of carbonyl (C=O) groups is 1. The van der Waals surface area contributed by atoms with E-state index in [4.69, 9.17) is 0 Å². The van der Waals surface area contributed by atoms with Gasteiger partial charge in [-0.05, 0) is 12.1 Å². The molecule has 0 fully saturated rings. The summed E-state index contributed by atoms with van der Waals surface area (Å²) in [6.45, 7) is 0. The van der Waals surface area contributed by atoms with Crippen LogP contribution < -0.4 is 5.32 Å². The van der Waals surface area contributed by atoms with Crippen molar-refractivity contribution in [2.45, 2.75) is 6.42 Å². The molecule has 1 heterocycles. The molecule has 0 unspecified atom stereocenters. The fourth-order valence-corrected chi connectivity index (χ4v) is 0.897. The molecule has 0 saturated carbocycles. The number of rotatable bonds is 3. The van der Waals surface area contributed by atoms with Crippen molar-refractivity contribution in [3.05, 3.63) is 24.5 Å². The van der Waals surface area contributed by atoms with Gasteiger partial charge in [-0.3, -0.25) is 9.78 Å². The molecule has 1 aromatic rings. The number of hydrogen-bond donors (Lipinski definition) is 1. The summed E-state index contributed by atoms with van der Waals surface area (Å²) in [7, 11) is 0. The molecule has 62 valence electrons. The quantitative estimate of drug-likeness (QED) is 0.419. The zero-order valence-corrected chi connectivity index (χ0v) is 7.29. The molecular weight excluding hydrogens is 172 g/mol. The molecule has 4 heteroatoms. The number of anilines is 1. The van der Waals surface area contributed by atoms with E-state index in [1.165, 1.54) is 5.37 Å². The van der Waals surface area contributed by atoms with E-state index in [1.807, 2.05) is 0 Å². The molecule has 1 N–H and O–H groups in total. The molecule has 12 heavy (non-hydrogen) atoms. The highest BCUT2D eigenvalue weighted by molar-refractivity contribution is 7.58. The zero-order chi connectivity index (χ0) is 8.81. The van der Waals surface area contributed by atoms with Gasteiger partial charge in [-0.1, -0.05) is 0 Å². The minimum atomic E-state index is -0.0852. The van der Waals surface area contributed by atoms with Crippen LogP contribution >= 0.6 is 0 Å². The summed E-state index contributed by atoms with van der Waals surface area (Å²) < 4.78 is 0. The lowest BCUT2D eigenvalue weighted by Gasteiger charge is -1.99. The average molecular weight is 181 g/mol. The van der Waals surface area contributed by atoms with Crippen molar-refractivity contribution in [2.75, 3.05) is 5.32 Å². The Balaban J connectivity index is 2.52. The van der Waals surface area contributed by atoms with Gasteiger partial charge in [0.25, 0.3) is 0 Å². The first-order valence-electron chi connectivity index (χ1n) is 3.48. The second kappa shape index (κ2) is 4.56. The number of thiol groups is 1. The summed E-state index contributed by atoms with van der Waals surface area (Å²) in [4.78, 5) is 14.8. The number of aromatic nitrogens is 1. The lowest BCUT2D eigenvalue weighted by molar-refractivity contribution is -0.115. The average Bonchev–Trinajstić information content (AvgIpc) is 2.06. The molecule has 0 radical (unpaired) electrons. The smallest absolute Gasteiger partial charge is 0.233 e. The molecule has 3 nitrogen and oxygen atoms in total. The van der Waals surface area contributed by atoms with Crippen molar-refractivity contribution in [3.63, 3.8) is 0 Å². The van der Waals surface area contributed by atoms with Gasteiger partial charge in [0.05, 0.1) is 18.3 Å². The summed E-state index contributed by atoms with van der Waals surface area (Å²) in [5.74, 6) is -0.0852. The molecular formula is C8H9N2OS+. The highest BCUT2D eigenvalue weighted by Gasteiger charge is 2.00. The first kappa shape index (κ1) is 8.80. The van der Waals surface area contributed by atoms with Crippen LogP contribution in [0.15, 0.2) is 24.5 Å². The standard InChI is InChI=1S/C8H8N2OS/c11-8(3-5-12)10-7-2-1-4-9-6-7/h1-2,4-6H,3H2,(H,10,11)/p+1. The third-order valence-corrected chi connectivity index (χ3v) is 1.40. The van der Waals surface area contributed by atoms with Crippen LogP contribution in [-0.4, -0.2) is 16.3 Å². The maximum atomic E-state index is 11.0. The SMILES string of the molecule is O=C(CC=[SH+])Nc1cccnc1. The Kier molecular flexibility index (Phi) is 3.35. The van der Waals surface area contributed by atoms with E-state index in [-0.39, 0.29) is 5.91 Å². The van der Waals surface area contributed by atoms with E-state index < -0.39 is 0 Å². The summed E-state index contributed by atoms with van der Waals surface area (Å²) in [5.41, 5.74) is 0.706. The van der Waals surface area contributed by atoms with Gasteiger partial charge in [0.1, 0.15) is 0 Å². The molecule has 0 saturated heterocycles. The van der Waals surface area contributed by atoms with E-state index in [0.29, 0.717) is 12.1 Å². The van der Waals surface area contributed by atoms with E-state index in [9.17, 15) is 4.79 Å². The molecule has 0 atom stereocenters. The van der Waals surface area contributed by atoms with Crippen LogP contribution in [-0.2, 0) is 17.0 Å². The Hall–Kier alpha value is -1.29. The maximum Gasteiger partial charge on any atom is 0.233 e. The van der Waals surface area contributed by atoms with Crippen LogP contribution in [0, 0.1) is 0 Å². The molecule has 0 aliphatic rings. The molecule has 1 aromatic heterocycles. The largest absolute Gasteiger partial charge is 0.324 e. The number of amides is 1. The summed E-state index contributed by atoms with van der Waals surface area (Å²) >= 11 is 3.82. The minimum Gasteiger partial charge on any atom is -0.324 e. The Morgan fingerprint density at radius 1 is 1.75 bits per heavy atom. The zero-order valence-electron chi connectivity index (χ0n) is 6.40. The monoisotopic (exact) mass is 181 g/mol. The van der Waals surface area contributed by atoms with Gasteiger partial charge < -0.3 is 5.32 Å². The van der Waals surface area contributed by atoms with Gasteiger partial charge in [0, 0.05) is 6.20 Å². The van der Waals surface area contributed by atoms with Crippen molar-refractivity contribution in [3.8, 4) is 0 Å². The van der Waals surface area contributed by atoms with Crippen molar-refractivity contribution < 1.29 is 4.79 Å². The lowest BCUT2D eigenvalue weighted by atomic mass is 10.4. The van der Waals surface area contributed by atoms with Crippen LogP contribution in [0.1, 0.15) is 6.42 Å². The summed E-state index contributed by atoms with van der Waals surface area (Å²) in [6.07, 6.45) is 3.55. The number of carbonyl (C=O) groups excluding carboxylic acids is 1. The Morgan fingerprint density at radius 3 is 3.17 bits per heavy atom. The Morgan fingerprint density at radius 2 is 2.58 bits per heavy atom. The minimum absolute atomic E-state index is 0.0852. The molecule has 0 bridgehead atoms. The van der Waals surface area contributed by atoms with Crippen LogP contribution in [0.25, 0.3) is 0 Å². The number of nitrogens with zero attached hydrogens (tertiary/aromatic N) is 1. The molecule has 0 spiro atoms. The van der Waals surface area contributed by atoms with E-state index in [2.05, 4.69) is 22.5 Å². The fraction of sp³-hybridized carbons (Fsp3) is 0.125. The third kappa shape index (κ3) is 2.75.